The van der Waals surface area contributed by atoms with E-state index in [0.717, 1.165) is 19.7 Å². The first kappa shape index (κ1) is 13.2. The molecular weight excluding hydrogens is 367 g/mol. The predicted molar refractivity (Wildman–Crippen MR) is 87.2 cm³/mol. The highest BCUT2D eigenvalue weighted by Crippen LogP contribution is 2.41. The van der Waals surface area contributed by atoms with Gasteiger partial charge in [-0.2, -0.15) is 0 Å². The fraction of sp³-hybridized carbons (Fsp3) is 0. The van der Waals surface area contributed by atoms with E-state index in [1.165, 1.54) is 11.3 Å². The third-order valence-corrected chi connectivity index (χ3v) is 4.88. The molecule has 0 spiro atoms. The van der Waals surface area contributed by atoms with Gasteiger partial charge in [0.05, 0.1) is 31.5 Å². The molecule has 0 saturated heterocycles. The standard InChI is InChI=1S/C13H7BrCl2N2S/c14-6-1-4-9-10(5-6)19-13(18-9)11-7(15)2-3-8(16)12(11)17/h1-5H,17H2. The highest BCUT2D eigenvalue weighted by Gasteiger charge is 2.15. The fourth-order valence-corrected chi connectivity index (χ4v) is 3.85. The van der Waals surface area contributed by atoms with Crippen molar-refractivity contribution in [2.45, 2.75) is 0 Å². The molecule has 96 valence electrons. The van der Waals surface area contributed by atoms with Crippen molar-refractivity contribution in [1.29, 1.82) is 0 Å². The van der Waals surface area contributed by atoms with Crippen molar-refractivity contribution in [3.63, 3.8) is 0 Å². The number of anilines is 1. The quantitative estimate of drug-likeness (QED) is 0.562. The molecule has 0 radical (unpaired) electrons. The molecule has 0 aliphatic heterocycles. The van der Waals surface area contributed by atoms with Crippen LogP contribution in [0.15, 0.2) is 34.8 Å². The Morgan fingerprint density at radius 1 is 1.11 bits per heavy atom. The van der Waals surface area contributed by atoms with Gasteiger partial charge in [0, 0.05) is 4.47 Å². The van der Waals surface area contributed by atoms with E-state index >= 15 is 0 Å². The van der Waals surface area contributed by atoms with Crippen molar-refractivity contribution in [2.24, 2.45) is 0 Å². The highest BCUT2D eigenvalue weighted by atomic mass is 79.9. The summed E-state index contributed by atoms with van der Waals surface area (Å²) in [5.41, 5.74) is 8.09. The first-order chi connectivity index (χ1) is 9.06. The minimum atomic E-state index is 0.465. The Kier molecular flexibility index (Phi) is 3.43. The number of nitrogens with two attached hydrogens (primary N) is 1. The van der Waals surface area contributed by atoms with Crippen molar-refractivity contribution in [3.8, 4) is 10.6 Å². The average molecular weight is 374 g/mol. The molecule has 0 aliphatic rings. The molecule has 2 aromatic carbocycles. The number of thiazole rings is 1. The molecule has 2 nitrogen and oxygen atoms in total. The third kappa shape index (κ3) is 2.34. The van der Waals surface area contributed by atoms with Crippen LogP contribution in [0.5, 0.6) is 0 Å². The van der Waals surface area contributed by atoms with Crippen molar-refractivity contribution in [1.82, 2.24) is 4.98 Å². The number of hydrogen-bond acceptors (Lipinski definition) is 3. The van der Waals surface area contributed by atoms with Gasteiger partial charge >= 0.3 is 0 Å². The van der Waals surface area contributed by atoms with E-state index < -0.39 is 0 Å². The number of halogens is 3. The van der Waals surface area contributed by atoms with Crippen molar-refractivity contribution < 1.29 is 0 Å². The van der Waals surface area contributed by atoms with Crippen molar-refractivity contribution in [2.75, 3.05) is 5.73 Å². The van der Waals surface area contributed by atoms with E-state index in [9.17, 15) is 0 Å². The molecule has 0 saturated carbocycles. The lowest BCUT2D eigenvalue weighted by Crippen LogP contribution is -1.91. The topological polar surface area (TPSA) is 38.9 Å². The summed E-state index contributed by atoms with van der Waals surface area (Å²) >= 11 is 17.2. The Balaban J connectivity index is 2.27. The molecule has 0 atom stereocenters. The second kappa shape index (κ2) is 4.94. The maximum atomic E-state index is 6.21. The zero-order valence-corrected chi connectivity index (χ0v) is 13.4. The second-order valence-electron chi connectivity index (χ2n) is 3.95. The van der Waals surface area contributed by atoms with E-state index in [1.54, 1.807) is 12.1 Å². The van der Waals surface area contributed by atoms with E-state index in [4.69, 9.17) is 28.9 Å². The van der Waals surface area contributed by atoms with Crippen LogP contribution in [-0.4, -0.2) is 4.98 Å². The number of benzene rings is 2. The van der Waals surface area contributed by atoms with Crippen LogP contribution in [-0.2, 0) is 0 Å². The number of nitrogen functional groups attached to an aromatic ring is 1. The normalized spacial score (nSPS) is 11.1. The summed E-state index contributed by atoms with van der Waals surface area (Å²) in [6, 6.07) is 9.35. The van der Waals surface area contributed by atoms with Gasteiger partial charge in [-0.25, -0.2) is 4.98 Å². The first-order valence-electron chi connectivity index (χ1n) is 5.36. The van der Waals surface area contributed by atoms with Gasteiger partial charge in [-0.05, 0) is 30.3 Å². The maximum Gasteiger partial charge on any atom is 0.128 e. The zero-order chi connectivity index (χ0) is 13.6. The van der Waals surface area contributed by atoms with Crippen LogP contribution in [0.2, 0.25) is 10.0 Å². The minimum Gasteiger partial charge on any atom is -0.397 e. The van der Waals surface area contributed by atoms with Gasteiger partial charge in [0.25, 0.3) is 0 Å². The summed E-state index contributed by atoms with van der Waals surface area (Å²) in [5, 5.41) is 1.82. The van der Waals surface area contributed by atoms with E-state index in [0.29, 0.717) is 21.3 Å². The summed E-state index contributed by atoms with van der Waals surface area (Å²) in [7, 11) is 0. The summed E-state index contributed by atoms with van der Waals surface area (Å²) in [5.74, 6) is 0. The zero-order valence-electron chi connectivity index (χ0n) is 9.45. The van der Waals surface area contributed by atoms with Crippen LogP contribution in [0, 0.1) is 0 Å². The molecule has 0 aliphatic carbocycles. The van der Waals surface area contributed by atoms with E-state index in [2.05, 4.69) is 20.9 Å². The number of hydrogen-bond donors (Lipinski definition) is 1. The fourth-order valence-electron chi connectivity index (χ4n) is 1.79. The maximum absolute atomic E-state index is 6.21. The molecule has 3 aromatic rings. The molecule has 0 amide bonds. The van der Waals surface area contributed by atoms with Crippen LogP contribution in [0.25, 0.3) is 20.8 Å². The molecule has 0 unspecified atom stereocenters. The van der Waals surface area contributed by atoms with Crippen molar-refractivity contribution in [3.05, 3.63) is 44.8 Å². The Bertz CT molecular complexity index is 786. The summed E-state index contributed by atoms with van der Waals surface area (Å²) in [4.78, 5) is 4.56. The van der Waals surface area contributed by atoms with Gasteiger partial charge in [0.15, 0.2) is 0 Å². The smallest absolute Gasteiger partial charge is 0.128 e. The lowest BCUT2D eigenvalue weighted by Gasteiger charge is -2.06. The first-order valence-corrected chi connectivity index (χ1v) is 7.73. The highest BCUT2D eigenvalue weighted by molar-refractivity contribution is 9.10. The molecule has 0 bridgehead atoms. The Hall–Kier alpha value is -0.810. The molecular formula is C13H7BrCl2N2S. The van der Waals surface area contributed by atoms with Crippen LogP contribution >= 0.6 is 50.5 Å². The minimum absolute atomic E-state index is 0.465. The molecule has 19 heavy (non-hydrogen) atoms. The molecule has 1 heterocycles. The Labute approximate surface area is 132 Å². The number of rotatable bonds is 1. The lowest BCUT2D eigenvalue weighted by molar-refractivity contribution is 1.47. The molecule has 6 heteroatoms. The van der Waals surface area contributed by atoms with Gasteiger partial charge < -0.3 is 5.73 Å². The van der Waals surface area contributed by atoms with Crippen LogP contribution < -0.4 is 5.73 Å². The molecule has 3 rings (SSSR count). The van der Waals surface area contributed by atoms with Gasteiger partial charge in [-0.1, -0.05) is 39.1 Å². The lowest BCUT2D eigenvalue weighted by atomic mass is 10.2. The number of fused-ring (bicyclic) bond motifs is 1. The third-order valence-electron chi connectivity index (χ3n) is 2.71. The molecule has 1 aromatic heterocycles. The second-order valence-corrected chi connectivity index (χ2v) is 6.71. The van der Waals surface area contributed by atoms with E-state index in [-0.39, 0.29) is 0 Å². The summed E-state index contributed by atoms with van der Waals surface area (Å²) < 4.78 is 2.08. The van der Waals surface area contributed by atoms with Crippen LogP contribution in [0.3, 0.4) is 0 Å². The van der Waals surface area contributed by atoms with Gasteiger partial charge in [-0.15, -0.1) is 11.3 Å². The predicted octanol–water partition coefficient (Wildman–Crippen LogP) is 5.61. The van der Waals surface area contributed by atoms with Crippen LogP contribution in [0.4, 0.5) is 5.69 Å². The summed E-state index contributed by atoms with van der Waals surface area (Å²) in [6.45, 7) is 0. The number of nitrogens with zero attached hydrogens (tertiary/aromatic N) is 1. The van der Waals surface area contributed by atoms with Gasteiger partial charge in [0.1, 0.15) is 5.01 Å². The van der Waals surface area contributed by atoms with Gasteiger partial charge in [-0.3, -0.25) is 0 Å². The summed E-state index contributed by atoms with van der Waals surface area (Å²) in [6.07, 6.45) is 0. The molecule has 0 fully saturated rings. The Morgan fingerprint density at radius 2 is 1.84 bits per heavy atom. The number of aromatic nitrogens is 1. The molecule has 2 N–H and O–H groups in total. The SMILES string of the molecule is Nc1c(Cl)ccc(Cl)c1-c1nc2ccc(Br)cc2s1. The largest absolute Gasteiger partial charge is 0.397 e. The monoisotopic (exact) mass is 372 g/mol. The van der Waals surface area contributed by atoms with E-state index in [1.807, 2.05) is 18.2 Å². The Morgan fingerprint density at radius 3 is 2.63 bits per heavy atom. The van der Waals surface area contributed by atoms with Crippen molar-refractivity contribution >= 4 is 66.4 Å². The van der Waals surface area contributed by atoms with Gasteiger partial charge in [0.2, 0.25) is 0 Å². The average Bonchev–Trinajstić information content (AvgIpc) is 2.77. The van der Waals surface area contributed by atoms with Crippen LogP contribution in [0.1, 0.15) is 0 Å².